The number of sulfone groups is 1. The Bertz CT molecular complexity index is 860. The van der Waals surface area contributed by atoms with Gasteiger partial charge in [0.25, 0.3) is 0 Å². The summed E-state index contributed by atoms with van der Waals surface area (Å²) >= 11 is 0. The summed E-state index contributed by atoms with van der Waals surface area (Å²) in [6, 6.07) is 5.84. The number of carbonyl (C=O) groups is 2. The minimum absolute atomic E-state index is 0.113. The molecule has 1 fully saturated rings. The Morgan fingerprint density at radius 3 is 2.40 bits per heavy atom. The summed E-state index contributed by atoms with van der Waals surface area (Å²) in [5, 5.41) is 0. The van der Waals surface area contributed by atoms with Crippen LogP contribution in [0, 0.1) is 0 Å². The van der Waals surface area contributed by atoms with E-state index >= 15 is 0 Å². The van der Waals surface area contributed by atoms with Crippen molar-refractivity contribution >= 4 is 21.8 Å². The molecule has 1 aromatic carbocycles. The van der Waals surface area contributed by atoms with Crippen LogP contribution in [0.3, 0.4) is 0 Å². The van der Waals surface area contributed by atoms with Gasteiger partial charge >= 0.3 is 6.09 Å². The van der Waals surface area contributed by atoms with Crippen LogP contribution >= 0.6 is 0 Å². The summed E-state index contributed by atoms with van der Waals surface area (Å²) in [6.45, 7) is 8.33. The van der Waals surface area contributed by atoms with Gasteiger partial charge in [0.05, 0.1) is 30.2 Å². The van der Waals surface area contributed by atoms with Gasteiger partial charge in [0, 0.05) is 26.3 Å². The summed E-state index contributed by atoms with van der Waals surface area (Å²) in [4.78, 5) is 28.8. The third kappa shape index (κ3) is 6.43. The van der Waals surface area contributed by atoms with Crippen molar-refractivity contribution in [1.82, 2.24) is 9.80 Å². The van der Waals surface area contributed by atoms with E-state index in [2.05, 4.69) is 0 Å². The summed E-state index contributed by atoms with van der Waals surface area (Å²) in [5.74, 6) is -0.140. The van der Waals surface area contributed by atoms with Gasteiger partial charge in [-0.25, -0.2) is 13.2 Å². The smallest absolute Gasteiger partial charge is 0.410 e. The molecule has 0 unspecified atom stereocenters. The van der Waals surface area contributed by atoms with Crippen molar-refractivity contribution in [1.29, 1.82) is 0 Å². The predicted octanol–water partition coefficient (Wildman–Crippen LogP) is 2.64. The van der Waals surface area contributed by atoms with Crippen molar-refractivity contribution < 1.29 is 27.5 Å². The van der Waals surface area contributed by atoms with Crippen LogP contribution in [0.4, 0.5) is 4.79 Å². The van der Waals surface area contributed by atoms with Crippen LogP contribution in [0.5, 0.6) is 0 Å². The van der Waals surface area contributed by atoms with Crippen molar-refractivity contribution in [2.75, 3.05) is 33.1 Å². The Balaban J connectivity index is 2.06. The molecule has 2 rings (SSSR count). The fraction of sp³-hybridized carbons (Fsp3) is 0.619. The minimum atomic E-state index is -3.27. The van der Waals surface area contributed by atoms with Gasteiger partial charge in [-0.2, -0.15) is 0 Å². The first-order chi connectivity index (χ1) is 13.8. The van der Waals surface area contributed by atoms with Crippen LogP contribution in [-0.4, -0.2) is 74.9 Å². The molecule has 0 N–H and O–H groups in total. The number of benzene rings is 1. The molecule has 0 radical (unpaired) electrons. The Kier molecular flexibility index (Phi) is 7.52. The molecule has 1 heterocycles. The van der Waals surface area contributed by atoms with E-state index in [0.717, 1.165) is 11.8 Å². The molecule has 168 valence electrons. The van der Waals surface area contributed by atoms with Crippen LogP contribution in [0.2, 0.25) is 0 Å². The predicted molar refractivity (Wildman–Crippen MR) is 113 cm³/mol. The Morgan fingerprint density at radius 2 is 1.87 bits per heavy atom. The molecule has 1 aliphatic rings. The first-order valence-electron chi connectivity index (χ1n) is 9.92. The van der Waals surface area contributed by atoms with Crippen LogP contribution < -0.4 is 0 Å². The standard InChI is InChI=1S/C21H32N2O6S/c1-15(16-7-9-18(10-8-16)30(6,26)27)22(5)19(24)13-17-14-28-12-11-23(17)20(25)29-21(2,3)4/h7-10,15,17H,11-14H2,1-6H3/t15-,17+/m1/s1. The maximum Gasteiger partial charge on any atom is 0.410 e. The molecule has 1 aliphatic heterocycles. The van der Waals surface area contributed by atoms with E-state index in [1.54, 1.807) is 61.9 Å². The zero-order valence-corrected chi connectivity index (χ0v) is 19.4. The molecule has 0 saturated carbocycles. The monoisotopic (exact) mass is 440 g/mol. The summed E-state index contributed by atoms with van der Waals surface area (Å²) in [5.41, 5.74) is 0.204. The van der Waals surface area contributed by atoms with Gasteiger partial charge in [0.1, 0.15) is 5.60 Å². The maximum absolute atomic E-state index is 12.9. The molecule has 8 nitrogen and oxygen atoms in total. The third-order valence-corrected chi connectivity index (χ3v) is 6.16. The van der Waals surface area contributed by atoms with Gasteiger partial charge < -0.3 is 19.3 Å². The molecule has 0 aromatic heterocycles. The minimum Gasteiger partial charge on any atom is -0.444 e. The van der Waals surface area contributed by atoms with Crippen LogP contribution in [0.15, 0.2) is 29.2 Å². The Morgan fingerprint density at radius 1 is 1.27 bits per heavy atom. The van der Waals surface area contributed by atoms with Crippen molar-refractivity contribution in [2.24, 2.45) is 0 Å². The van der Waals surface area contributed by atoms with Crippen LogP contribution in [0.25, 0.3) is 0 Å². The SMILES string of the molecule is C[C@H](c1ccc(S(C)(=O)=O)cc1)N(C)C(=O)C[C@H]1COCCN1C(=O)OC(C)(C)C. The van der Waals surface area contributed by atoms with Crippen molar-refractivity contribution in [3.05, 3.63) is 29.8 Å². The number of hydrogen-bond donors (Lipinski definition) is 0. The number of amides is 2. The van der Waals surface area contributed by atoms with E-state index in [9.17, 15) is 18.0 Å². The molecule has 0 aliphatic carbocycles. The molecule has 2 atom stereocenters. The van der Waals surface area contributed by atoms with E-state index < -0.39 is 27.6 Å². The lowest BCUT2D eigenvalue weighted by molar-refractivity contribution is -0.134. The van der Waals surface area contributed by atoms with Gasteiger partial charge in [-0.3, -0.25) is 4.79 Å². The van der Waals surface area contributed by atoms with Gasteiger partial charge in [-0.05, 0) is 45.4 Å². The first-order valence-corrected chi connectivity index (χ1v) is 11.8. The van der Waals surface area contributed by atoms with Crippen LogP contribution in [0.1, 0.15) is 45.7 Å². The molecule has 0 bridgehead atoms. The largest absolute Gasteiger partial charge is 0.444 e. The quantitative estimate of drug-likeness (QED) is 0.699. The van der Waals surface area contributed by atoms with E-state index in [-0.39, 0.29) is 29.9 Å². The summed E-state index contributed by atoms with van der Waals surface area (Å²) in [7, 11) is -1.58. The molecule has 1 aromatic rings. The molecular weight excluding hydrogens is 408 g/mol. The molecular formula is C21H32N2O6S. The summed E-state index contributed by atoms with van der Waals surface area (Å²) < 4.78 is 34.2. The number of rotatable bonds is 5. The van der Waals surface area contributed by atoms with Gasteiger partial charge in [0.15, 0.2) is 9.84 Å². The normalized spacial score (nSPS) is 18.6. The average Bonchev–Trinajstić information content (AvgIpc) is 2.65. The average molecular weight is 441 g/mol. The second-order valence-corrected chi connectivity index (χ2v) is 10.6. The van der Waals surface area contributed by atoms with Gasteiger partial charge in [0.2, 0.25) is 5.91 Å². The maximum atomic E-state index is 12.9. The highest BCUT2D eigenvalue weighted by molar-refractivity contribution is 7.90. The van der Waals surface area contributed by atoms with E-state index in [1.807, 2.05) is 6.92 Å². The fourth-order valence-electron chi connectivity index (χ4n) is 3.16. The number of ether oxygens (including phenoxy) is 2. The van der Waals surface area contributed by atoms with E-state index in [1.165, 1.54) is 0 Å². The highest BCUT2D eigenvalue weighted by atomic mass is 32.2. The number of carbonyl (C=O) groups excluding carboxylic acids is 2. The highest BCUT2D eigenvalue weighted by Crippen LogP contribution is 2.23. The second-order valence-electron chi connectivity index (χ2n) is 8.63. The molecule has 0 spiro atoms. The zero-order valence-electron chi connectivity index (χ0n) is 18.5. The number of nitrogens with zero attached hydrogens (tertiary/aromatic N) is 2. The Hall–Kier alpha value is -2.13. The first kappa shape index (κ1) is 24.1. The lowest BCUT2D eigenvalue weighted by atomic mass is 10.1. The Labute approximate surface area is 179 Å². The van der Waals surface area contributed by atoms with E-state index in [0.29, 0.717) is 13.2 Å². The van der Waals surface area contributed by atoms with Crippen molar-refractivity contribution in [2.45, 2.75) is 56.7 Å². The van der Waals surface area contributed by atoms with Crippen molar-refractivity contribution in [3.8, 4) is 0 Å². The topological polar surface area (TPSA) is 93.2 Å². The second kappa shape index (κ2) is 9.34. The lowest BCUT2D eigenvalue weighted by Crippen LogP contribution is -2.52. The van der Waals surface area contributed by atoms with Gasteiger partial charge in [-0.15, -0.1) is 0 Å². The number of morpholine rings is 1. The van der Waals surface area contributed by atoms with E-state index in [4.69, 9.17) is 9.47 Å². The molecule has 30 heavy (non-hydrogen) atoms. The summed E-state index contributed by atoms with van der Waals surface area (Å²) in [6.07, 6.45) is 0.821. The lowest BCUT2D eigenvalue weighted by Gasteiger charge is -2.37. The zero-order chi connectivity index (χ0) is 22.7. The number of hydrogen-bond acceptors (Lipinski definition) is 6. The molecule has 1 saturated heterocycles. The molecule has 2 amide bonds. The van der Waals surface area contributed by atoms with Crippen molar-refractivity contribution in [3.63, 3.8) is 0 Å². The van der Waals surface area contributed by atoms with Gasteiger partial charge in [-0.1, -0.05) is 12.1 Å². The molecule has 9 heteroatoms. The van der Waals surface area contributed by atoms with Crippen LogP contribution in [-0.2, 0) is 24.1 Å². The fourth-order valence-corrected chi connectivity index (χ4v) is 3.79. The highest BCUT2D eigenvalue weighted by Gasteiger charge is 2.33. The third-order valence-electron chi connectivity index (χ3n) is 5.03.